The van der Waals surface area contributed by atoms with Crippen LogP contribution in [0.15, 0.2) is 24.3 Å². The van der Waals surface area contributed by atoms with Gasteiger partial charge < -0.3 is 14.6 Å². The van der Waals surface area contributed by atoms with Crippen LogP contribution in [0, 0.1) is 0 Å². The van der Waals surface area contributed by atoms with Gasteiger partial charge in [-0.1, -0.05) is 0 Å². The van der Waals surface area contributed by atoms with Crippen molar-refractivity contribution in [2.24, 2.45) is 0 Å². The molecule has 0 bridgehead atoms. The maximum atomic E-state index is 10.7. The highest BCUT2D eigenvalue weighted by Gasteiger charge is 2.08. The summed E-state index contributed by atoms with van der Waals surface area (Å²) in [5.74, 6) is 0.391. The van der Waals surface area contributed by atoms with E-state index in [1.54, 1.807) is 19.1 Å². The molecule has 0 spiro atoms. The molecule has 0 unspecified atom stereocenters. The molecule has 0 amide bonds. The fourth-order valence-electron chi connectivity index (χ4n) is 1.62. The number of hydrogen-bond acceptors (Lipinski definition) is 3. The quantitative estimate of drug-likeness (QED) is 0.788. The molecule has 0 atom stereocenters. The van der Waals surface area contributed by atoms with Gasteiger partial charge in [0.25, 0.3) is 0 Å². The van der Waals surface area contributed by atoms with Gasteiger partial charge in [-0.05, 0) is 44.5 Å². The van der Waals surface area contributed by atoms with Crippen LogP contribution in [0.4, 0.5) is 0 Å². The van der Waals surface area contributed by atoms with E-state index >= 15 is 0 Å². The summed E-state index contributed by atoms with van der Waals surface area (Å²) in [6, 6.07) is 5.40. The Labute approximate surface area is 107 Å². The van der Waals surface area contributed by atoms with Crippen molar-refractivity contribution < 1.29 is 19.4 Å². The predicted molar refractivity (Wildman–Crippen MR) is 70.1 cm³/mol. The van der Waals surface area contributed by atoms with E-state index in [-0.39, 0.29) is 0 Å². The second kappa shape index (κ2) is 6.69. The molecule has 1 aromatic rings. The van der Waals surface area contributed by atoms with Crippen LogP contribution in [0.5, 0.6) is 11.5 Å². The first-order valence-electron chi connectivity index (χ1n) is 5.89. The Morgan fingerprint density at radius 2 is 1.94 bits per heavy atom. The van der Waals surface area contributed by atoms with Gasteiger partial charge in [0, 0.05) is 11.6 Å². The number of allylic oxidation sites excluding steroid dienone is 1. The van der Waals surface area contributed by atoms with Gasteiger partial charge in [-0.25, -0.2) is 4.79 Å². The maximum Gasteiger partial charge on any atom is 0.328 e. The minimum Gasteiger partial charge on any atom is -0.494 e. The molecule has 0 aliphatic carbocycles. The molecule has 0 aliphatic rings. The standard InChI is InChI=1S/C14H18O4/c1-4-17-11-6-7-13(18-5-2)12(9-11)10(3)8-14(15)16/h6-9H,4-5H2,1-3H3,(H,15,16)/b10-8+. The summed E-state index contributed by atoms with van der Waals surface area (Å²) in [6.45, 7) is 6.62. The first kappa shape index (κ1) is 14.1. The van der Waals surface area contributed by atoms with Gasteiger partial charge in [-0.2, -0.15) is 0 Å². The van der Waals surface area contributed by atoms with E-state index in [0.29, 0.717) is 30.3 Å². The zero-order valence-corrected chi connectivity index (χ0v) is 10.9. The maximum absolute atomic E-state index is 10.7. The molecule has 0 aromatic heterocycles. The number of hydrogen-bond donors (Lipinski definition) is 1. The first-order valence-corrected chi connectivity index (χ1v) is 5.89. The fourth-order valence-corrected chi connectivity index (χ4v) is 1.62. The molecule has 0 heterocycles. The van der Waals surface area contributed by atoms with Crippen molar-refractivity contribution in [2.75, 3.05) is 13.2 Å². The van der Waals surface area contributed by atoms with Crippen LogP contribution in [-0.2, 0) is 4.79 Å². The SMILES string of the molecule is CCOc1ccc(OCC)c(/C(C)=C/C(=O)O)c1. The summed E-state index contributed by atoms with van der Waals surface area (Å²) >= 11 is 0. The molecular formula is C14H18O4. The second-order valence-electron chi connectivity index (χ2n) is 3.69. The van der Waals surface area contributed by atoms with Crippen LogP contribution in [0.3, 0.4) is 0 Å². The van der Waals surface area contributed by atoms with Gasteiger partial charge in [-0.15, -0.1) is 0 Å². The van der Waals surface area contributed by atoms with Gasteiger partial charge in [0.1, 0.15) is 11.5 Å². The van der Waals surface area contributed by atoms with Crippen LogP contribution >= 0.6 is 0 Å². The van der Waals surface area contributed by atoms with E-state index in [4.69, 9.17) is 14.6 Å². The summed E-state index contributed by atoms with van der Waals surface area (Å²) in [7, 11) is 0. The molecule has 98 valence electrons. The molecule has 1 N–H and O–H groups in total. The lowest BCUT2D eigenvalue weighted by Crippen LogP contribution is -1.99. The average molecular weight is 250 g/mol. The van der Waals surface area contributed by atoms with Crippen LogP contribution < -0.4 is 9.47 Å². The Kier molecular flexibility index (Phi) is 5.24. The molecule has 0 aliphatic heterocycles. The van der Waals surface area contributed by atoms with Crippen molar-refractivity contribution in [1.82, 2.24) is 0 Å². The normalized spacial score (nSPS) is 11.2. The van der Waals surface area contributed by atoms with Crippen LogP contribution in [0.1, 0.15) is 26.3 Å². The van der Waals surface area contributed by atoms with Gasteiger partial charge in [0.15, 0.2) is 0 Å². The van der Waals surface area contributed by atoms with Crippen molar-refractivity contribution in [3.05, 3.63) is 29.8 Å². The summed E-state index contributed by atoms with van der Waals surface area (Å²) in [6.07, 6.45) is 1.16. The summed E-state index contributed by atoms with van der Waals surface area (Å²) in [5.41, 5.74) is 1.37. The predicted octanol–water partition coefficient (Wildman–Crippen LogP) is 2.97. The average Bonchev–Trinajstić information content (AvgIpc) is 2.30. The number of aliphatic carboxylic acids is 1. The third-order valence-corrected chi connectivity index (χ3v) is 2.33. The summed E-state index contributed by atoms with van der Waals surface area (Å²) < 4.78 is 10.9. The van der Waals surface area contributed by atoms with Crippen molar-refractivity contribution >= 4 is 11.5 Å². The van der Waals surface area contributed by atoms with Gasteiger partial charge in [0.05, 0.1) is 13.2 Å². The number of ether oxygens (including phenoxy) is 2. The van der Waals surface area contributed by atoms with E-state index in [0.717, 1.165) is 11.6 Å². The van der Waals surface area contributed by atoms with Gasteiger partial charge in [-0.3, -0.25) is 0 Å². The topological polar surface area (TPSA) is 55.8 Å². The highest BCUT2D eigenvalue weighted by Crippen LogP contribution is 2.30. The Balaban J connectivity index is 3.17. The lowest BCUT2D eigenvalue weighted by Gasteiger charge is -2.12. The first-order chi connectivity index (χ1) is 8.58. The molecule has 0 fully saturated rings. The van der Waals surface area contributed by atoms with E-state index in [9.17, 15) is 4.79 Å². The minimum absolute atomic E-state index is 0.529. The molecule has 0 saturated heterocycles. The highest BCUT2D eigenvalue weighted by molar-refractivity contribution is 5.90. The monoisotopic (exact) mass is 250 g/mol. The third-order valence-electron chi connectivity index (χ3n) is 2.33. The molecule has 0 radical (unpaired) electrons. The van der Waals surface area contributed by atoms with E-state index in [2.05, 4.69) is 0 Å². The smallest absolute Gasteiger partial charge is 0.328 e. The third kappa shape index (κ3) is 3.80. The number of carbonyl (C=O) groups is 1. The van der Waals surface area contributed by atoms with Gasteiger partial charge in [0.2, 0.25) is 0 Å². The van der Waals surface area contributed by atoms with Crippen molar-refractivity contribution in [1.29, 1.82) is 0 Å². The number of carboxylic acid groups (broad SMARTS) is 1. The number of rotatable bonds is 6. The zero-order valence-electron chi connectivity index (χ0n) is 10.9. The molecule has 0 saturated carbocycles. The molecule has 4 heteroatoms. The summed E-state index contributed by atoms with van der Waals surface area (Å²) in [4.78, 5) is 10.7. The van der Waals surface area contributed by atoms with E-state index in [1.807, 2.05) is 19.9 Å². The molecule has 1 aromatic carbocycles. The Morgan fingerprint density at radius 3 is 2.50 bits per heavy atom. The Hall–Kier alpha value is -1.97. The van der Waals surface area contributed by atoms with Crippen molar-refractivity contribution in [3.63, 3.8) is 0 Å². The van der Waals surface area contributed by atoms with Crippen LogP contribution in [0.25, 0.3) is 5.57 Å². The fraction of sp³-hybridized carbons (Fsp3) is 0.357. The van der Waals surface area contributed by atoms with Crippen LogP contribution in [-0.4, -0.2) is 24.3 Å². The van der Waals surface area contributed by atoms with E-state index < -0.39 is 5.97 Å². The highest BCUT2D eigenvalue weighted by atomic mass is 16.5. The Morgan fingerprint density at radius 1 is 1.28 bits per heavy atom. The van der Waals surface area contributed by atoms with Crippen LogP contribution in [0.2, 0.25) is 0 Å². The number of carboxylic acids is 1. The summed E-state index contributed by atoms with van der Waals surface area (Å²) in [5, 5.41) is 8.79. The number of benzene rings is 1. The molecular weight excluding hydrogens is 232 g/mol. The van der Waals surface area contributed by atoms with Crippen molar-refractivity contribution in [2.45, 2.75) is 20.8 Å². The Bertz CT molecular complexity index is 449. The molecule has 18 heavy (non-hydrogen) atoms. The lowest BCUT2D eigenvalue weighted by molar-refractivity contribution is -0.131. The van der Waals surface area contributed by atoms with E-state index in [1.165, 1.54) is 0 Å². The van der Waals surface area contributed by atoms with Crippen molar-refractivity contribution in [3.8, 4) is 11.5 Å². The molecule has 4 nitrogen and oxygen atoms in total. The lowest BCUT2D eigenvalue weighted by atomic mass is 10.1. The minimum atomic E-state index is -0.975. The zero-order chi connectivity index (χ0) is 13.5. The molecule has 1 rings (SSSR count). The largest absolute Gasteiger partial charge is 0.494 e. The second-order valence-corrected chi connectivity index (χ2v) is 3.69. The van der Waals surface area contributed by atoms with Gasteiger partial charge >= 0.3 is 5.97 Å².